The van der Waals surface area contributed by atoms with Gasteiger partial charge in [0.25, 0.3) is 0 Å². The second-order valence-corrected chi connectivity index (χ2v) is 4.96. The Kier molecular flexibility index (Phi) is 4.28. The summed E-state index contributed by atoms with van der Waals surface area (Å²) in [5, 5.41) is 3.91. The number of nitrogens with one attached hydrogen (secondary N) is 1. The Balaban J connectivity index is 2.16. The largest absolute Gasteiger partial charge is 0.383 e. The molecule has 2 aromatic rings. The van der Waals surface area contributed by atoms with Crippen molar-refractivity contribution in [1.82, 2.24) is 4.98 Å². The summed E-state index contributed by atoms with van der Waals surface area (Å²) in [7, 11) is 1.65. The number of benzene rings is 1. The molecule has 0 aliphatic carbocycles. The Labute approximate surface area is 110 Å². The molecule has 0 amide bonds. The molecule has 0 aliphatic heterocycles. The van der Waals surface area contributed by atoms with E-state index in [9.17, 15) is 4.39 Å². The molecule has 3 nitrogen and oxygen atoms in total. The fourth-order valence-electron chi connectivity index (χ4n) is 1.57. The normalized spacial score (nSPS) is 10.6. The van der Waals surface area contributed by atoms with Crippen molar-refractivity contribution in [1.29, 1.82) is 0 Å². The Morgan fingerprint density at radius 3 is 3.06 bits per heavy atom. The SMILES string of the molecule is COCCNc1ncc(-c2cc(C)ccc2F)s1. The van der Waals surface area contributed by atoms with Gasteiger partial charge in [-0.1, -0.05) is 23.0 Å². The first-order valence-electron chi connectivity index (χ1n) is 5.66. The van der Waals surface area contributed by atoms with Crippen LogP contribution in [0.5, 0.6) is 0 Å². The predicted molar refractivity (Wildman–Crippen MR) is 72.6 cm³/mol. The summed E-state index contributed by atoms with van der Waals surface area (Å²) in [6.07, 6.45) is 1.69. The molecule has 0 bridgehead atoms. The first kappa shape index (κ1) is 13.0. The van der Waals surface area contributed by atoms with Gasteiger partial charge in [0.15, 0.2) is 5.13 Å². The highest BCUT2D eigenvalue weighted by Crippen LogP contribution is 2.31. The molecule has 1 aromatic heterocycles. The molecule has 1 heterocycles. The first-order chi connectivity index (χ1) is 8.70. The third kappa shape index (κ3) is 3.05. The minimum absolute atomic E-state index is 0.215. The van der Waals surface area contributed by atoms with Gasteiger partial charge >= 0.3 is 0 Å². The summed E-state index contributed by atoms with van der Waals surface area (Å²) in [6.45, 7) is 3.26. The fourth-order valence-corrected chi connectivity index (χ4v) is 2.43. The molecular weight excluding hydrogens is 251 g/mol. The first-order valence-corrected chi connectivity index (χ1v) is 6.47. The van der Waals surface area contributed by atoms with Gasteiger partial charge in [0.1, 0.15) is 5.82 Å². The molecule has 18 heavy (non-hydrogen) atoms. The summed E-state index contributed by atoms with van der Waals surface area (Å²) in [4.78, 5) is 5.05. The van der Waals surface area contributed by atoms with E-state index in [-0.39, 0.29) is 5.82 Å². The Morgan fingerprint density at radius 2 is 2.28 bits per heavy atom. The maximum absolute atomic E-state index is 13.7. The number of ether oxygens (including phenoxy) is 1. The number of hydrogen-bond acceptors (Lipinski definition) is 4. The summed E-state index contributed by atoms with van der Waals surface area (Å²) < 4.78 is 18.7. The van der Waals surface area contributed by atoms with Gasteiger partial charge in [0, 0.05) is 25.4 Å². The zero-order chi connectivity index (χ0) is 13.0. The molecule has 0 saturated carbocycles. The molecule has 2 rings (SSSR count). The maximum atomic E-state index is 13.7. The quantitative estimate of drug-likeness (QED) is 0.843. The van der Waals surface area contributed by atoms with Crippen molar-refractivity contribution in [2.24, 2.45) is 0 Å². The number of aromatic nitrogens is 1. The lowest BCUT2D eigenvalue weighted by Gasteiger charge is -2.01. The minimum atomic E-state index is -0.215. The van der Waals surface area contributed by atoms with Crippen LogP contribution in [0.1, 0.15) is 5.56 Å². The van der Waals surface area contributed by atoms with E-state index in [1.807, 2.05) is 13.0 Å². The highest BCUT2D eigenvalue weighted by Gasteiger charge is 2.09. The molecule has 5 heteroatoms. The molecular formula is C13H15FN2OS. The van der Waals surface area contributed by atoms with Crippen LogP contribution >= 0.6 is 11.3 Å². The minimum Gasteiger partial charge on any atom is -0.383 e. The topological polar surface area (TPSA) is 34.1 Å². The summed E-state index contributed by atoms with van der Waals surface area (Å²) in [5.41, 5.74) is 1.64. The van der Waals surface area contributed by atoms with Crippen molar-refractivity contribution < 1.29 is 9.13 Å². The Bertz CT molecular complexity index is 527. The average molecular weight is 266 g/mol. The number of methoxy groups -OCH3 is 1. The standard InChI is InChI=1S/C13H15FN2OS/c1-9-3-4-11(14)10(7-9)12-8-16-13(18-12)15-5-6-17-2/h3-4,7-8H,5-6H2,1-2H3,(H,15,16). The van der Waals surface area contributed by atoms with Gasteiger partial charge < -0.3 is 10.1 Å². The van der Waals surface area contributed by atoms with E-state index in [1.165, 1.54) is 17.4 Å². The van der Waals surface area contributed by atoms with Gasteiger partial charge in [-0.25, -0.2) is 9.37 Å². The van der Waals surface area contributed by atoms with Gasteiger partial charge in [0.05, 0.1) is 11.5 Å². The van der Waals surface area contributed by atoms with Crippen LogP contribution in [0.3, 0.4) is 0 Å². The van der Waals surface area contributed by atoms with Gasteiger partial charge in [-0.2, -0.15) is 0 Å². The zero-order valence-corrected chi connectivity index (χ0v) is 11.2. The molecule has 0 atom stereocenters. The van der Waals surface area contributed by atoms with Crippen molar-refractivity contribution in [2.45, 2.75) is 6.92 Å². The predicted octanol–water partition coefficient (Wildman–Crippen LogP) is 3.32. The van der Waals surface area contributed by atoms with Crippen LogP contribution in [-0.4, -0.2) is 25.2 Å². The number of anilines is 1. The molecule has 1 aromatic carbocycles. The lowest BCUT2D eigenvalue weighted by atomic mass is 10.1. The van der Waals surface area contributed by atoms with Crippen molar-refractivity contribution in [3.63, 3.8) is 0 Å². The van der Waals surface area contributed by atoms with E-state index in [2.05, 4.69) is 10.3 Å². The van der Waals surface area contributed by atoms with E-state index in [0.29, 0.717) is 18.7 Å². The molecule has 0 fully saturated rings. The van der Waals surface area contributed by atoms with Crippen molar-refractivity contribution in [3.05, 3.63) is 35.8 Å². The van der Waals surface area contributed by atoms with Crippen molar-refractivity contribution in [3.8, 4) is 10.4 Å². The second kappa shape index (κ2) is 5.93. The lowest BCUT2D eigenvalue weighted by Crippen LogP contribution is -2.06. The molecule has 0 spiro atoms. The van der Waals surface area contributed by atoms with E-state index in [0.717, 1.165) is 15.6 Å². The second-order valence-electron chi connectivity index (χ2n) is 3.93. The molecule has 0 radical (unpaired) electrons. The fraction of sp³-hybridized carbons (Fsp3) is 0.308. The van der Waals surface area contributed by atoms with Crippen LogP contribution in [0.2, 0.25) is 0 Å². The molecule has 1 N–H and O–H groups in total. The summed E-state index contributed by atoms with van der Waals surface area (Å²) >= 11 is 1.44. The molecule has 0 aliphatic rings. The average Bonchev–Trinajstić information content (AvgIpc) is 2.81. The Hall–Kier alpha value is -1.46. The summed E-state index contributed by atoms with van der Waals surface area (Å²) in [6, 6.07) is 5.09. The van der Waals surface area contributed by atoms with E-state index >= 15 is 0 Å². The lowest BCUT2D eigenvalue weighted by molar-refractivity contribution is 0.211. The smallest absolute Gasteiger partial charge is 0.183 e. The van der Waals surface area contributed by atoms with Crippen LogP contribution in [-0.2, 0) is 4.74 Å². The van der Waals surface area contributed by atoms with Crippen LogP contribution in [0.25, 0.3) is 10.4 Å². The molecule has 0 unspecified atom stereocenters. The van der Waals surface area contributed by atoms with Gasteiger partial charge in [-0.3, -0.25) is 0 Å². The Morgan fingerprint density at radius 1 is 1.44 bits per heavy atom. The third-order valence-electron chi connectivity index (χ3n) is 2.48. The van der Waals surface area contributed by atoms with Crippen molar-refractivity contribution in [2.75, 3.05) is 25.6 Å². The summed E-state index contributed by atoms with van der Waals surface area (Å²) in [5.74, 6) is -0.215. The number of hydrogen-bond donors (Lipinski definition) is 1. The highest BCUT2D eigenvalue weighted by molar-refractivity contribution is 7.18. The van der Waals surface area contributed by atoms with Crippen LogP contribution in [0.15, 0.2) is 24.4 Å². The van der Waals surface area contributed by atoms with E-state index < -0.39 is 0 Å². The third-order valence-corrected chi connectivity index (χ3v) is 3.46. The van der Waals surface area contributed by atoms with Gasteiger partial charge in [-0.05, 0) is 19.1 Å². The number of rotatable bonds is 5. The molecule has 0 saturated heterocycles. The zero-order valence-electron chi connectivity index (χ0n) is 10.4. The van der Waals surface area contributed by atoms with Crippen LogP contribution < -0.4 is 5.32 Å². The molecule has 96 valence electrons. The van der Waals surface area contributed by atoms with Crippen LogP contribution in [0, 0.1) is 12.7 Å². The highest BCUT2D eigenvalue weighted by atomic mass is 32.1. The monoisotopic (exact) mass is 266 g/mol. The number of halogens is 1. The number of nitrogens with zero attached hydrogens (tertiary/aromatic N) is 1. The van der Waals surface area contributed by atoms with Gasteiger partial charge in [0.2, 0.25) is 0 Å². The van der Waals surface area contributed by atoms with E-state index in [4.69, 9.17) is 4.74 Å². The maximum Gasteiger partial charge on any atom is 0.183 e. The van der Waals surface area contributed by atoms with Gasteiger partial charge in [-0.15, -0.1) is 0 Å². The number of aryl methyl sites for hydroxylation is 1. The van der Waals surface area contributed by atoms with Crippen LogP contribution in [0.4, 0.5) is 9.52 Å². The van der Waals surface area contributed by atoms with E-state index in [1.54, 1.807) is 19.4 Å². The van der Waals surface area contributed by atoms with Crippen molar-refractivity contribution >= 4 is 16.5 Å². The number of thiazole rings is 1.